The van der Waals surface area contributed by atoms with Crippen LogP contribution in [-0.2, 0) is 4.79 Å². The lowest BCUT2D eigenvalue weighted by Gasteiger charge is -2.39. The zero-order valence-electron chi connectivity index (χ0n) is 15.1. The summed E-state index contributed by atoms with van der Waals surface area (Å²) in [6.07, 6.45) is 7.45. The molecule has 26 heavy (non-hydrogen) atoms. The van der Waals surface area contributed by atoms with Gasteiger partial charge in [0.05, 0.1) is 5.92 Å². The van der Waals surface area contributed by atoms with Crippen LogP contribution in [0.3, 0.4) is 0 Å². The van der Waals surface area contributed by atoms with Crippen LogP contribution in [0.5, 0.6) is 0 Å². The molecule has 0 aliphatic carbocycles. The van der Waals surface area contributed by atoms with Crippen molar-refractivity contribution in [3.05, 3.63) is 77.9 Å². The standard InChI is InChI=1S/C23H26N2O/c26-22-21(20-11-5-2-6-12-20)18-23(24-22)13-16-25(17-14-23)15-7-10-19-8-3-1-4-9-19/h1-12,21H,13-18H2,(H,24,26). The molecule has 1 amide bonds. The molecular weight excluding hydrogens is 320 g/mol. The van der Waals surface area contributed by atoms with Gasteiger partial charge in [0.15, 0.2) is 0 Å². The van der Waals surface area contributed by atoms with Crippen molar-refractivity contribution in [3.8, 4) is 0 Å². The van der Waals surface area contributed by atoms with Gasteiger partial charge in [-0.2, -0.15) is 0 Å². The number of nitrogens with zero attached hydrogens (tertiary/aromatic N) is 1. The van der Waals surface area contributed by atoms with Crippen molar-refractivity contribution < 1.29 is 4.79 Å². The molecule has 2 fully saturated rings. The van der Waals surface area contributed by atoms with Crippen molar-refractivity contribution in [1.82, 2.24) is 10.2 Å². The number of benzene rings is 2. The van der Waals surface area contributed by atoms with E-state index in [2.05, 4.69) is 58.8 Å². The van der Waals surface area contributed by atoms with E-state index in [1.807, 2.05) is 24.3 Å². The molecule has 0 saturated carbocycles. The Morgan fingerprint density at radius 1 is 1.00 bits per heavy atom. The predicted octanol–water partition coefficient (Wildman–Crippen LogP) is 3.84. The fourth-order valence-electron chi connectivity index (χ4n) is 4.23. The van der Waals surface area contributed by atoms with E-state index < -0.39 is 0 Å². The molecule has 1 spiro atoms. The number of rotatable bonds is 4. The number of likely N-dealkylation sites (tertiary alicyclic amines) is 1. The van der Waals surface area contributed by atoms with E-state index in [0.717, 1.165) is 44.5 Å². The molecule has 1 unspecified atom stereocenters. The summed E-state index contributed by atoms with van der Waals surface area (Å²) < 4.78 is 0. The fraction of sp³-hybridized carbons (Fsp3) is 0.348. The van der Waals surface area contributed by atoms with Crippen molar-refractivity contribution in [2.24, 2.45) is 0 Å². The second kappa shape index (κ2) is 7.46. The van der Waals surface area contributed by atoms with Gasteiger partial charge in [-0.25, -0.2) is 0 Å². The van der Waals surface area contributed by atoms with Crippen LogP contribution >= 0.6 is 0 Å². The Bertz CT molecular complexity index is 761. The summed E-state index contributed by atoms with van der Waals surface area (Å²) in [6.45, 7) is 3.06. The van der Waals surface area contributed by atoms with Gasteiger partial charge in [0.1, 0.15) is 0 Å². The lowest BCUT2D eigenvalue weighted by Crippen LogP contribution is -2.50. The summed E-state index contributed by atoms with van der Waals surface area (Å²) in [5.41, 5.74) is 2.39. The molecule has 0 bridgehead atoms. The zero-order chi connectivity index (χ0) is 17.8. The molecule has 2 aromatic rings. The summed E-state index contributed by atoms with van der Waals surface area (Å²) >= 11 is 0. The number of carbonyl (C=O) groups excluding carboxylic acids is 1. The maximum atomic E-state index is 12.5. The highest BCUT2D eigenvalue weighted by Crippen LogP contribution is 2.39. The van der Waals surface area contributed by atoms with Crippen molar-refractivity contribution in [3.63, 3.8) is 0 Å². The molecule has 1 N–H and O–H groups in total. The van der Waals surface area contributed by atoms with Crippen LogP contribution in [0.2, 0.25) is 0 Å². The first-order valence-electron chi connectivity index (χ1n) is 9.55. The van der Waals surface area contributed by atoms with E-state index in [1.54, 1.807) is 0 Å². The monoisotopic (exact) mass is 346 g/mol. The van der Waals surface area contributed by atoms with Crippen LogP contribution < -0.4 is 5.32 Å². The quantitative estimate of drug-likeness (QED) is 0.912. The fourth-order valence-corrected chi connectivity index (χ4v) is 4.23. The van der Waals surface area contributed by atoms with Gasteiger partial charge in [-0.1, -0.05) is 72.8 Å². The average molecular weight is 346 g/mol. The Hall–Kier alpha value is -2.39. The van der Waals surface area contributed by atoms with E-state index >= 15 is 0 Å². The minimum absolute atomic E-state index is 0.00274. The van der Waals surface area contributed by atoms with Gasteiger partial charge in [0, 0.05) is 25.2 Å². The lowest BCUT2D eigenvalue weighted by molar-refractivity contribution is -0.121. The molecule has 2 saturated heterocycles. The minimum atomic E-state index is -0.00274. The van der Waals surface area contributed by atoms with E-state index in [-0.39, 0.29) is 17.4 Å². The number of carbonyl (C=O) groups is 1. The molecule has 0 aromatic heterocycles. The van der Waals surface area contributed by atoms with Crippen LogP contribution in [0, 0.1) is 0 Å². The van der Waals surface area contributed by atoms with E-state index in [4.69, 9.17) is 0 Å². The van der Waals surface area contributed by atoms with Crippen molar-refractivity contribution in [1.29, 1.82) is 0 Å². The molecule has 3 nitrogen and oxygen atoms in total. The SMILES string of the molecule is O=C1NC2(CCN(CC=Cc3ccccc3)CC2)CC1c1ccccc1. The summed E-state index contributed by atoms with van der Waals surface area (Å²) in [4.78, 5) is 15.0. The van der Waals surface area contributed by atoms with Gasteiger partial charge in [-0.05, 0) is 30.4 Å². The van der Waals surface area contributed by atoms with Crippen LogP contribution in [-0.4, -0.2) is 36.0 Å². The molecular formula is C23H26N2O. The third-order valence-corrected chi connectivity index (χ3v) is 5.79. The molecule has 1 atom stereocenters. The van der Waals surface area contributed by atoms with Gasteiger partial charge in [-0.3, -0.25) is 9.69 Å². The van der Waals surface area contributed by atoms with Gasteiger partial charge < -0.3 is 5.32 Å². The molecule has 2 aromatic carbocycles. The summed E-state index contributed by atoms with van der Waals surface area (Å²) in [5, 5.41) is 3.34. The number of piperidine rings is 1. The number of hydrogen-bond acceptors (Lipinski definition) is 2. The van der Waals surface area contributed by atoms with Crippen LogP contribution in [0.15, 0.2) is 66.7 Å². The Balaban J connectivity index is 1.32. The Kier molecular flexibility index (Phi) is 4.89. The predicted molar refractivity (Wildman–Crippen MR) is 106 cm³/mol. The maximum Gasteiger partial charge on any atom is 0.228 e. The highest BCUT2D eigenvalue weighted by atomic mass is 16.2. The summed E-state index contributed by atoms with van der Waals surface area (Å²) in [7, 11) is 0. The normalized spacial score (nSPS) is 22.8. The van der Waals surface area contributed by atoms with Crippen LogP contribution in [0.4, 0.5) is 0 Å². The average Bonchev–Trinajstić information content (AvgIpc) is 3.01. The molecule has 0 radical (unpaired) electrons. The van der Waals surface area contributed by atoms with Crippen molar-refractivity contribution in [2.75, 3.05) is 19.6 Å². The van der Waals surface area contributed by atoms with Gasteiger partial charge in [0.2, 0.25) is 5.91 Å². The molecule has 2 heterocycles. The topological polar surface area (TPSA) is 32.3 Å². The third kappa shape index (κ3) is 3.73. The molecule has 134 valence electrons. The zero-order valence-corrected chi connectivity index (χ0v) is 15.1. The summed E-state index contributed by atoms with van der Waals surface area (Å²) in [6, 6.07) is 20.6. The first-order valence-corrected chi connectivity index (χ1v) is 9.55. The van der Waals surface area contributed by atoms with Crippen LogP contribution in [0.25, 0.3) is 6.08 Å². The number of hydrogen-bond donors (Lipinski definition) is 1. The van der Waals surface area contributed by atoms with Gasteiger partial charge in [0.25, 0.3) is 0 Å². The van der Waals surface area contributed by atoms with Crippen LogP contribution in [0.1, 0.15) is 36.3 Å². The third-order valence-electron chi connectivity index (χ3n) is 5.79. The lowest BCUT2D eigenvalue weighted by atomic mass is 9.82. The highest BCUT2D eigenvalue weighted by Gasteiger charge is 2.45. The van der Waals surface area contributed by atoms with Crippen molar-refractivity contribution in [2.45, 2.75) is 30.7 Å². The second-order valence-electron chi connectivity index (χ2n) is 7.55. The van der Waals surface area contributed by atoms with Gasteiger partial charge in [-0.15, -0.1) is 0 Å². The summed E-state index contributed by atoms with van der Waals surface area (Å²) in [5.74, 6) is 0.217. The van der Waals surface area contributed by atoms with E-state index in [1.165, 1.54) is 5.56 Å². The largest absolute Gasteiger partial charge is 0.350 e. The minimum Gasteiger partial charge on any atom is -0.350 e. The first-order chi connectivity index (χ1) is 12.7. The Morgan fingerprint density at radius 2 is 1.65 bits per heavy atom. The second-order valence-corrected chi connectivity index (χ2v) is 7.55. The maximum absolute atomic E-state index is 12.5. The van der Waals surface area contributed by atoms with E-state index in [0.29, 0.717) is 0 Å². The molecule has 4 rings (SSSR count). The Morgan fingerprint density at radius 3 is 2.35 bits per heavy atom. The van der Waals surface area contributed by atoms with Gasteiger partial charge >= 0.3 is 0 Å². The van der Waals surface area contributed by atoms with Crippen molar-refractivity contribution >= 4 is 12.0 Å². The number of amides is 1. The molecule has 2 aliphatic rings. The smallest absolute Gasteiger partial charge is 0.228 e. The highest BCUT2D eigenvalue weighted by molar-refractivity contribution is 5.87. The number of nitrogens with one attached hydrogen (secondary N) is 1. The molecule has 2 aliphatic heterocycles. The molecule has 3 heteroatoms. The first kappa shape index (κ1) is 17.0. The Labute approximate surface area is 155 Å². The van der Waals surface area contributed by atoms with E-state index in [9.17, 15) is 4.79 Å².